The quantitative estimate of drug-likeness (QED) is 0.871. The first-order valence-electron chi connectivity index (χ1n) is 9.42. The van der Waals surface area contributed by atoms with Gasteiger partial charge in [-0.15, -0.1) is 0 Å². The predicted octanol–water partition coefficient (Wildman–Crippen LogP) is 2.68. The highest BCUT2D eigenvalue weighted by atomic mass is 16.5. The number of anilines is 1. The second-order valence-corrected chi connectivity index (χ2v) is 7.69. The molecule has 27 heavy (non-hydrogen) atoms. The van der Waals surface area contributed by atoms with Gasteiger partial charge in [0.2, 0.25) is 0 Å². The minimum Gasteiger partial charge on any atom is -0.497 e. The van der Waals surface area contributed by atoms with Gasteiger partial charge in [0, 0.05) is 31.0 Å². The monoisotopic (exact) mass is 370 g/mol. The topological polar surface area (TPSA) is 79.6 Å². The third-order valence-electron chi connectivity index (χ3n) is 5.79. The van der Waals surface area contributed by atoms with E-state index in [2.05, 4.69) is 10.4 Å². The van der Waals surface area contributed by atoms with Gasteiger partial charge in [-0.3, -0.25) is 4.68 Å². The van der Waals surface area contributed by atoms with E-state index < -0.39 is 6.10 Å². The summed E-state index contributed by atoms with van der Waals surface area (Å²) in [7, 11) is 1.61. The van der Waals surface area contributed by atoms with Crippen molar-refractivity contribution in [1.29, 1.82) is 0 Å². The van der Waals surface area contributed by atoms with Gasteiger partial charge in [0.1, 0.15) is 5.75 Å². The van der Waals surface area contributed by atoms with Gasteiger partial charge in [-0.2, -0.15) is 5.10 Å². The van der Waals surface area contributed by atoms with Crippen molar-refractivity contribution in [2.75, 3.05) is 25.5 Å². The lowest BCUT2D eigenvalue weighted by molar-refractivity contribution is 0.0306. The number of fused-ring (bicyclic) bond motifs is 1. The van der Waals surface area contributed by atoms with Crippen molar-refractivity contribution < 1.29 is 14.6 Å². The summed E-state index contributed by atoms with van der Waals surface area (Å²) < 4.78 is 7.09. The second-order valence-electron chi connectivity index (χ2n) is 7.69. The Balaban J connectivity index is 1.41. The zero-order valence-electron chi connectivity index (χ0n) is 15.7. The number of urea groups is 1. The van der Waals surface area contributed by atoms with Crippen molar-refractivity contribution in [2.45, 2.75) is 31.9 Å². The fourth-order valence-electron chi connectivity index (χ4n) is 4.38. The van der Waals surface area contributed by atoms with E-state index in [0.717, 1.165) is 17.7 Å². The maximum Gasteiger partial charge on any atom is 0.321 e. The van der Waals surface area contributed by atoms with Gasteiger partial charge in [-0.05, 0) is 49.3 Å². The van der Waals surface area contributed by atoms with Crippen LogP contribution in [0, 0.1) is 18.8 Å². The number of carbonyl (C=O) groups excluding carboxylic acids is 1. The number of aryl methyl sites for hydroxylation is 1. The molecule has 2 aromatic rings. The number of methoxy groups -OCH3 is 1. The Morgan fingerprint density at radius 3 is 2.78 bits per heavy atom. The number of hydrogen-bond donors (Lipinski definition) is 2. The first-order chi connectivity index (χ1) is 13.0. The Hall–Kier alpha value is -2.54. The molecule has 7 nitrogen and oxygen atoms in total. The Kier molecular flexibility index (Phi) is 4.78. The number of aliphatic hydroxyl groups excluding tert-OH is 1. The molecule has 0 radical (unpaired) electrons. The van der Waals surface area contributed by atoms with Crippen molar-refractivity contribution in [3.05, 3.63) is 42.2 Å². The summed E-state index contributed by atoms with van der Waals surface area (Å²) in [5.41, 5.74) is 1.81. The number of nitrogens with zero attached hydrogens (tertiary/aromatic N) is 3. The molecule has 2 amide bonds. The van der Waals surface area contributed by atoms with Gasteiger partial charge < -0.3 is 20.1 Å². The molecule has 0 unspecified atom stereocenters. The number of amides is 2. The SMILES string of the molecule is COc1cccc(NC(=O)N2C[C@H]3C[C@H](O)[C@@H](n4cc(C)cn4)C[C@H]3C2)c1. The number of likely N-dealkylation sites (tertiary alicyclic amines) is 1. The molecule has 1 aromatic heterocycles. The molecule has 1 aliphatic carbocycles. The summed E-state index contributed by atoms with van der Waals surface area (Å²) in [4.78, 5) is 14.5. The highest BCUT2D eigenvalue weighted by molar-refractivity contribution is 5.89. The molecule has 1 aliphatic heterocycles. The molecule has 1 aromatic carbocycles. The number of benzene rings is 1. The van der Waals surface area contributed by atoms with E-state index in [1.54, 1.807) is 13.2 Å². The molecule has 2 heterocycles. The Labute approximate surface area is 158 Å². The first-order valence-corrected chi connectivity index (χ1v) is 9.42. The van der Waals surface area contributed by atoms with Crippen LogP contribution in [0.1, 0.15) is 24.4 Å². The normalized spacial score (nSPS) is 27.3. The molecule has 1 saturated carbocycles. The molecule has 2 N–H and O–H groups in total. The zero-order valence-corrected chi connectivity index (χ0v) is 15.7. The summed E-state index contributed by atoms with van der Waals surface area (Å²) in [5.74, 6) is 1.44. The molecule has 2 fully saturated rings. The highest BCUT2D eigenvalue weighted by Gasteiger charge is 2.43. The van der Waals surface area contributed by atoms with Crippen molar-refractivity contribution in [3.8, 4) is 5.75 Å². The van der Waals surface area contributed by atoms with Crippen LogP contribution in [0.2, 0.25) is 0 Å². The minimum atomic E-state index is -0.424. The van der Waals surface area contributed by atoms with Gasteiger partial charge in [0.05, 0.1) is 25.5 Å². The van der Waals surface area contributed by atoms with E-state index >= 15 is 0 Å². The number of carbonyl (C=O) groups is 1. The molecular weight excluding hydrogens is 344 g/mol. The second kappa shape index (κ2) is 7.23. The largest absolute Gasteiger partial charge is 0.497 e. The van der Waals surface area contributed by atoms with E-state index in [-0.39, 0.29) is 12.1 Å². The van der Waals surface area contributed by atoms with Crippen LogP contribution in [-0.4, -0.2) is 52.1 Å². The van der Waals surface area contributed by atoms with Crippen molar-refractivity contribution >= 4 is 11.7 Å². The summed E-state index contributed by atoms with van der Waals surface area (Å²) in [6.45, 7) is 3.40. The molecule has 144 valence electrons. The lowest BCUT2D eigenvalue weighted by Gasteiger charge is -2.35. The molecule has 4 atom stereocenters. The van der Waals surface area contributed by atoms with Crippen LogP contribution in [0.3, 0.4) is 0 Å². The Morgan fingerprint density at radius 1 is 1.30 bits per heavy atom. The number of ether oxygens (including phenoxy) is 1. The average molecular weight is 370 g/mol. The van der Waals surface area contributed by atoms with Crippen molar-refractivity contribution in [3.63, 3.8) is 0 Å². The van der Waals surface area contributed by atoms with E-state index in [0.29, 0.717) is 37.1 Å². The summed E-state index contributed by atoms with van der Waals surface area (Å²) >= 11 is 0. The average Bonchev–Trinajstić information content (AvgIpc) is 3.27. The maximum atomic E-state index is 12.7. The molecule has 2 aliphatic rings. The molecular formula is C20H26N4O3. The smallest absolute Gasteiger partial charge is 0.321 e. The number of hydrogen-bond acceptors (Lipinski definition) is 4. The van der Waals surface area contributed by atoms with E-state index in [1.807, 2.05) is 47.1 Å². The van der Waals surface area contributed by atoms with Crippen LogP contribution in [0.4, 0.5) is 10.5 Å². The van der Waals surface area contributed by atoms with Crippen LogP contribution < -0.4 is 10.1 Å². The lowest BCUT2D eigenvalue weighted by Crippen LogP contribution is -2.36. The number of aliphatic hydroxyl groups is 1. The zero-order chi connectivity index (χ0) is 19.0. The number of rotatable bonds is 3. The molecule has 0 bridgehead atoms. The van der Waals surface area contributed by atoms with Crippen LogP contribution >= 0.6 is 0 Å². The first kappa shape index (κ1) is 17.9. The van der Waals surface area contributed by atoms with Gasteiger partial charge in [-0.25, -0.2) is 4.79 Å². The molecule has 0 spiro atoms. The third kappa shape index (κ3) is 3.64. The van der Waals surface area contributed by atoms with Gasteiger partial charge in [0.15, 0.2) is 0 Å². The van der Waals surface area contributed by atoms with Crippen molar-refractivity contribution in [2.24, 2.45) is 11.8 Å². The van der Waals surface area contributed by atoms with Crippen LogP contribution in [0.15, 0.2) is 36.7 Å². The maximum absolute atomic E-state index is 12.7. The predicted molar refractivity (Wildman–Crippen MR) is 102 cm³/mol. The highest BCUT2D eigenvalue weighted by Crippen LogP contribution is 2.41. The third-order valence-corrected chi connectivity index (χ3v) is 5.79. The van der Waals surface area contributed by atoms with E-state index in [9.17, 15) is 9.90 Å². The fourth-order valence-corrected chi connectivity index (χ4v) is 4.38. The van der Waals surface area contributed by atoms with Crippen molar-refractivity contribution in [1.82, 2.24) is 14.7 Å². The Bertz CT molecular complexity index is 821. The number of aromatic nitrogens is 2. The Morgan fingerprint density at radius 2 is 2.07 bits per heavy atom. The lowest BCUT2D eigenvalue weighted by atomic mass is 9.77. The van der Waals surface area contributed by atoms with Gasteiger partial charge in [-0.1, -0.05) is 6.07 Å². The molecule has 7 heteroatoms. The van der Waals surface area contributed by atoms with Gasteiger partial charge in [0.25, 0.3) is 0 Å². The number of nitrogens with one attached hydrogen (secondary N) is 1. The van der Waals surface area contributed by atoms with Crippen LogP contribution in [0.25, 0.3) is 0 Å². The summed E-state index contributed by atoms with van der Waals surface area (Å²) in [5, 5.41) is 17.9. The van der Waals surface area contributed by atoms with Crippen LogP contribution in [0.5, 0.6) is 5.75 Å². The molecule has 1 saturated heterocycles. The van der Waals surface area contributed by atoms with E-state index in [4.69, 9.17) is 4.74 Å². The summed E-state index contributed by atoms with van der Waals surface area (Å²) in [6, 6.07) is 7.24. The fraction of sp³-hybridized carbons (Fsp3) is 0.500. The minimum absolute atomic E-state index is 0.0126. The molecule has 4 rings (SSSR count). The van der Waals surface area contributed by atoms with Gasteiger partial charge >= 0.3 is 6.03 Å². The standard InChI is InChI=1S/C20H26N4O3/c1-13-9-21-24(10-13)18-6-14-11-23(12-15(14)7-19(18)25)20(26)22-16-4-3-5-17(8-16)27-2/h3-5,8-10,14-15,18-19,25H,6-7,11-12H2,1-2H3,(H,22,26)/t14-,15+,18-,19-/m0/s1. The van der Waals surface area contributed by atoms with Crippen LogP contribution in [-0.2, 0) is 0 Å². The summed E-state index contributed by atoms with van der Waals surface area (Å²) in [6.07, 6.45) is 4.93. The van der Waals surface area contributed by atoms with E-state index in [1.165, 1.54) is 0 Å².